The molecule has 1 aromatic carbocycles. The number of hydrogen-bond acceptors (Lipinski definition) is 7. The van der Waals surface area contributed by atoms with Crippen LogP contribution in [0.15, 0.2) is 29.1 Å². The molecule has 1 amide bonds. The van der Waals surface area contributed by atoms with Gasteiger partial charge in [-0.05, 0) is 30.7 Å². The van der Waals surface area contributed by atoms with Crippen LogP contribution >= 0.6 is 0 Å². The summed E-state index contributed by atoms with van der Waals surface area (Å²) in [7, 11) is 1.57. The van der Waals surface area contributed by atoms with Gasteiger partial charge >= 0.3 is 0 Å². The number of hydrogen-bond donors (Lipinski definition) is 2. The molecule has 0 unspecified atom stereocenters. The van der Waals surface area contributed by atoms with E-state index < -0.39 is 0 Å². The molecule has 10 nitrogen and oxygen atoms in total. The van der Waals surface area contributed by atoms with Gasteiger partial charge in [0, 0.05) is 24.0 Å². The molecule has 0 radical (unpaired) electrons. The highest BCUT2D eigenvalue weighted by Crippen LogP contribution is 2.46. The number of nitrogens with zero attached hydrogens (tertiary/aromatic N) is 3. The lowest BCUT2D eigenvalue weighted by Gasteiger charge is -2.27. The van der Waals surface area contributed by atoms with Crippen LogP contribution in [0.2, 0.25) is 0 Å². The highest BCUT2D eigenvalue weighted by molar-refractivity contribution is 5.95. The van der Waals surface area contributed by atoms with Crippen molar-refractivity contribution in [1.29, 1.82) is 0 Å². The third-order valence-electron chi connectivity index (χ3n) is 5.24. The molecule has 2 aromatic heterocycles. The second-order valence-electron chi connectivity index (χ2n) is 7.09. The number of fused-ring (bicyclic) bond motifs is 2. The van der Waals surface area contributed by atoms with Gasteiger partial charge in [0.2, 0.25) is 11.7 Å². The maximum Gasteiger partial charge on any atom is 0.264 e. The number of aromatic nitrogens is 4. The van der Waals surface area contributed by atoms with Crippen LogP contribution in [0, 0.1) is 6.92 Å². The van der Waals surface area contributed by atoms with Crippen molar-refractivity contribution in [2.75, 3.05) is 25.6 Å². The van der Waals surface area contributed by atoms with Gasteiger partial charge in [0.25, 0.3) is 5.56 Å². The monoisotopic (exact) mass is 409 g/mol. The SMILES string of the molecule is COc1cc([C@@H]2CC(=O)Nc3c2c(C)nn3-c2ccc(=O)[nH]n2)cc2c1OCCO2. The van der Waals surface area contributed by atoms with E-state index in [0.717, 1.165) is 16.8 Å². The lowest BCUT2D eigenvalue weighted by Crippen LogP contribution is -2.25. The van der Waals surface area contributed by atoms with E-state index in [2.05, 4.69) is 20.6 Å². The third-order valence-corrected chi connectivity index (χ3v) is 5.24. The number of anilines is 1. The fraction of sp³-hybridized carbons (Fsp3) is 0.300. The highest BCUT2D eigenvalue weighted by atomic mass is 16.6. The van der Waals surface area contributed by atoms with Crippen molar-refractivity contribution in [1.82, 2.24) is 20.0 Å². The molecule has 0 spiro atoms. The second-order valence-corrected chi connectivity index (χ2v) is 7.09. The van der Waals surface area contributed by atoms with E-state index in [0.29, 0.717) is 42.1 Å². The molecule has 0 aliphatic carbocycles. The van der Waals surface area contributed by atoms with E-state index in [-0.39, 0.29) is 23.8 Å². The molecule has 2 aliphatic heterocycles. The Morgan fingerprint density at radius 2 is 2.03 bits per heavy atom. The highest BCUT2D eigenvalue weighted by Gasteiger charge is 2.34. The van der Waals surface area contributed by atoms with E-state index in [9.17, 15) is 9.59 Å². The summed E-state index contributed by atoms with van der Waals surface area (Å²) in [5.74, 6) is 2.25. The quantitative estimate of drug-likeness (QED) is 0.673. The van der Waals surface area contributed by atoms with Crippen LogP contribution in [0.5, 0.6) is 17.2 Å². The molecule has 3 aromatic rings. The van der Waals surface area contributed by atoms with E-state index in [4.69, 9.17) is 14.2 Å². The molecule has 1 atom stereocenters. The minimum absolute atomic E-state index is 0.146. The number of amides is 1. The zero-order valence-electron chi connectivity index (χ0n) is 16.4. The summed E-state index contributed by atoms with van der Waals surface area (Å²) in [5, 5.41) is 13.9. The van der Waals surface area contributed by atoms with Crippen molar-refractivity contribution in [3.05, 3.63) is 51.4 Å². The molecule has 2 N–H and O–H groups in total. The van der Waals surface area contributed by atoms with E-state index >= 15 is 0 Å². The number of methoxy groups -OCH3 is 1. The first kappa shape index (κ1) is 18.2. The molecule has 5 rings (SSSR count). The van der Waals surface area contributed by atoms with Crippen LogP contribution in [0.3, 0.4) is 0 Å². The Morgan fingerprint density at radius 1 is 1.20 bits per heavy atom. The van der Waals surface area contributed by atoms with Crippen LogP contribution in [0.1, 0.15) is 29.2 Å². The Hall–Kier alpha value is -3.82. The van der Waals surface area contributed by atoms with Crippen LogP contribution in [-0.4, -0.2) is 46.2 Å². The molecule has 4 heterocycles. The van der Waals surface area contributed by atoms with Gasteiger partial charge in [-0.15, -0.1) is 0 Å². The fourth-order valence-electron chi connectivity index (χ4n) is 3.95. The van der Waals surface area contributed by atoms with Crippen molar-refractivity contribution in [3.63, 3.8) is 0 Å². The number of nitrogens with one attached hydrogen (secondary N) is 2. The Morgan fingerprint density at radius 3 is 2.80 bits per heavy atom. The predicted octanol–water partition coefficient (Wildman–Crippen LogP) is 1.52. The second kappa shape index (κ2) is 6.90. The Bertz CT molecular complexity index is 1180. The third kappa shape index (κ3) is 2.88. The first-order valence-electron chi connectivity index (χ1n) is 9.48. The molecular weight excluding hydrogens is 390 g/mol. The molecule has 0 bridgehead atoms. The molecular formula is C20H19N5O5. The van der Waals surface area contributed by atoms with Gasteiger partial charge in [0.15, 0.2) is 17.3 Å². The van der Waals surface area contributed by atoms with Crippen molar-refractivity contribution in [2.45, 2.75) is 19.3 Å². The average molecular weight is 409 g/mol. The van der Waals surface area contributed by atoms with Crippen LogP contribution in [-0.2, 0) is 4.79 Å². The smallest absolute Gasteiger partial charge is 0.264 e. The van der Waals surface area contributed by atoms with Crippen molar-refractivity contribution >= 4 is 11.7 Å². The zero-order valence-corrected chi connectivity index (χ0v) is 16.4. The van der Waals surface area contributed by atoms with Crippen molar-refractivity contribution in [3.8, 4) is 23.1 Å². The first-order valence-corrected chi connectivity index (χ1v) is 9.48. The lowest BCUT2D eigenvalue weighted by molar-refractivity contribution is -0.116. The molecule has 10 heteroatoms. The number of carbonyl (C=O) groups is 1. The summed E-state index contributed by atoms with van der Waals surface area (Å²) in [6, 6.07) is 6.67. The summed E-state index contributed by atoms with van der Waals surface area (Å²) in [4.78, 5) is 23.9. The topological polar surface area (TPSA) is 120 Å². The summed E-state index contributed by atoms with van der Waals surface area (Å²) >= 11 is 0. The number of aromatic amines is 1. The summed E-state index contributed by atoms with van der Waals surface area (Å²) in [6.45, 7) is 2.78. The number of aryl methyl sites for hydroxylation is 1. The van der Waals surface area contributed by atoms with Gasteiger partial charge in [-0.3, -0.25) is 9.59 Å². The average Bonchev–Trinajstić information content (AvgIpc) is 3.09. The lowest BCUT2D eigenvalue weighted by atomic mass is 9.85. The fourth-order valence-corrected chi connectivity index (χ4v) is 3.95. The molecule has 0 fully saturated rings. The Balaban J connectivity index is 1.65. The normalized spacial score (nSPS) is 17.3. The number of rotatable bonds is 3. The number of benzene rings is 1. The largest absolute Gasteiger partial charge is 0.493 e. The maximum absolute atomic E-state index is 12.6. The number of carbonyl (C=O) groups excluding carboxylic acids is 1. The van der Waals surface area contributed by atoms with Crippen LogP contribution in [0.25, 0.3) is 5.82 Å². The van der Waals surface area contributed by atoms with Gasteiger partial charge in [0.1, 0.15) is 19.0 Å². The summed E-state index contributed by atoms with van der Waals surface area (Å²) in [6.07, 6.45) is 0.251. The predicted molar refractivity (Wildman–Crippen MR) is 106 cm³/mol. The van der Waals surface area contributed by atoms with Crippen molar-refractivity contribution < 1.29 is 19.0 Å². The zero-order chi connectivity index (χ0) is 20.8. The molecule has 0 saturated carbocycles. The number of H-pyrrole nitrogens is 1. The van der Waals surface area contributed by atoms with Crippen LogP contribution < -0.4 is 25.1 Å². The summed E-state index contributed by atoms with van der Waals surface area (Å²) in [5.41, 5.74) is 2.17. The van der Waals surface area contributed by atoms with Gasteiger partial charge in [-0.25, -0.2) is 5.10 Å². The van der Waals surface area contributed by atoms with Gasteiger partial charge in [0.05, 0.1) is 12.8 Å². The Kier molecular flexibility index (Phi) is 4.19. The Labute approximate surface area is 170 Å². The minimum atomic E-state index is -0.318. The first-order chi connectivity index (χ1) is 14.5. The number of ether oxygens (including phenoxy) is 3. The molecule has 0 saturated heterocycles. The van der Waals surface area contributed by atoms with E-state index in [1.54, 1.807) is 13.2 Å². The standard InChI is InChI=1S/C20H19N5O5/c1-10-18-12(11-7-13(28-2)19-14(8-11)29-5-6-30-19)9-17(27)21-20(18)25(24-10)15-3-4-16(26)23-22-15/h3-4,7-8,12H,5-6,9H2,1-2H3,(H,21,27)(H,23,26)/t12-/m0/s1. The van der Waals surface area contributed by atoms with E-state index in [1.807, 2.05) is 19.1 Å². The van der Waals surface area contributed by atoms with E-state index in [1.165, 1.54) is 10.7 Å². The van der Waals surface area contributed by atoms with Crippen molar-refractivity contribution in [2.24, 2.45) is 0 Å². The van der Waals surface area contributed by atoms with Crippen LogP contribution in [0.4, 0.5) is 5.82 Å². The molecule has 2 aliphatic rings. The van der Waals surface area contributed by atoms with Gasteiger partial charge < -0.3 is 19.5 Å². The van der Waals surface area contributed by atoms with Gasteiger partial charge in [-0.2, -0.15) is 14.9 Å². The summed E-state index contributed by atoms with van der Waals surface area (Å²) < 4.78 is 18.5. The molecule has 30 heavy (non-hydrogen) atoms. The minimum Gasteiger partial charge on any atom is -0.493 e. The molecule has 154 valence electrons. The van der Waals surface area contributed by atoms with Gasteiger partial charge in [-0.1, -0.05) is 0 Å². The maximum atomic E-state index is 12.6.